The first kappa shape index (κ1) is 29.9. The second-order valence-corrected chi connectivity index (χ2v) is 15.5. The van der Waals surface area contributed by atoms with Gasteiger partial charge in [-0.3, -0.25) is 0 Å². The zero-order valence-electron chi connectivity index (χ0n) is 29.0. The molecule has 0 radical (unpaired) electrons. The van der Waals surface area contributed by atoms with Crippen molar-refractivity contribution in [1.82, 2.24) is 10.2 Å². The third kappa shape index (κ3) is 4.53. The maximum Gasteiger partial charge on any atom is 0.248 e. The van der Waals surface area contributed by atoms with Crippen LogP contribution in [0.5, 0.6) is 0 Å². The topological polar surface area (TPSA) is 42.2 Å². The Labute approximate surface area is 304 Å². The minimum atomic E-state index is 0.0700. The molecule has 0 saturated heterocycles. The van der Waals surface area contributed by atoms with Crippen molar-refractivity contribution in [3.05, 3.63) is 163 Å². The Hall–Kier alpha value is -5.74. The van der Waals surface area contributed by atoms with E-state index in [0.29, 0.717) is 23.6 Å². The van der Waals surface area contributed by atoms with Gasteiger partial charge in [-0.2, -0.15) is 0 Å². The van der Waals surface area contributed by atoms with Gasteiger partial charge in [0.1, 0.15) is 0 Å². The molecule has 4 nitrogen and oxygen atoms in total. The molecule has 4 aliphatic carbocycles. The quantitative estimate of drug-likeness (QED) is 0.182. The number of nitrogens with zero attached hydrogens (tertiary/aromatic N) is 3. The Morgan fingerprint density at radius 3 is 1.65 bits per heavy atom. The van der Waals surface area contributed by atoms with Crippen molar-refractivity contribution in [2.24, 2.45) is 23.7 Å². The average molecular weight is 674 g/mol. The number of fused-ring (bicyclic) bond motifs is 2. The zero-order valence-corrected chi connectivity index (χ0v) is 29.0. The first-order chi connectivity index (χ1) is 25.7. The van der Waals surface area contributed by atoms with E-state index in [1.165, 1.54) is 65.9 Å². The van der Waals surface area contributed by atoms with Crippen LogP contribution in [0.25, 0.3) is 45.2 Å². The maximum absolute atomic E-state index is 6.12. The molecular weight excluding hydrogens is 635 g/mol. The molecule has 4 saturated carbocycles. The molecule has 2 heterocycles. The van der Waals surface area contributed by atoms with Crippen LogP contribution in [0.15, 0.2) is 156 Å². The van der Waals surface area contributed by atoms with Crippen molar-refractivity contribution >= 4 is 17.1 Å². The molecule has 1 spiro atoms. The second kappa shape index (κ2) is 11.6. The summed E-state index contributed by atoms with van der Waals surface area (Å²) >= 11 is 0. The lowest BCUT2D eigenvalue weighted by atomic mass is 9.41. The van der Waals surface area contributed by atoms with Crippen LogP contribution in [0.1, 0.15) is 43.2 Å². The Balaban J connectivity index is 1.02. The SMILES string of the molecule is c1ccc(-c2nnc(-c3cccc(-c4cccc(-c5ccc6c(c5)N(c5ccccc5)c5ccccc5C65C6CC7CC(C6)CC5C7)c4)c3)o2)cc1. The van der Waals surface area contributed by atoms with Crippen molar-refractivity contribution < 1.29 is 4.42 Å². The summed E-state index contributed by atoms with van der Waals surface area (Å²) < 4.78 is 6.12. The van der Waals surface area contributed by atoms with Gasteiger partial charge in [-0.15, -0.1) is 10.2 Å². The number of hydrogen-bond acceptors (Lipinski definition) is 4. The molecule has 4 heteroatoms. The smallest absolute Gasteiger partial charge is 0.248 e. The highest BCUT2D eigenvalue weighted by atomic mass is 16.4. The largest absolute Gasteiger partial charge is 0.416 e. The monoisotopic (exact) mass is 673 g/mol. The molecule has 0 amide bonds. The lowest BCUT2D eigenvalue weighted by Crippen LogP contribution is -2.57. The van der Waals surface area contributed by atoms with Crippen LogP contribution in [0, 0.1) is 23.7 Å². The van der Waals surface area contributed by atoms with Crippen molar-refractivity contribution in [2.45, 2.75) is 37.5 Å². The first-order valence-electron chi connectivity index (χ1n) is 18.9. The normalized spacial score (nSPS) is 23.8. The van der Waals surface area contributed by atoms with Crippen molar-refractivity contribution in [1.29, 1.82) is 0 Å². The molecule has 52 heavy (non-hydrogen) atoms. The summed E-state index contributed by atoms with van der Waals surface area (Å²) in [6.45, 7) is 0. The standard InChI is InChI=1S/C48H39N3O/c1-3-11-33(12-4-1)46-49-50-47(52-46)38-16-10-15-36(29-38)34-13-9-14-35(28-34)37-21-22-43-45(30-37)51(41-17-5-2-6-18-41)44-20-8-7-19-42(44)48(43)39-24-31-23-32(26-39)27-40(48)25-31/h1-22,28-32,39-40H,23-27H2. The van der Waals surface area contributed by atoms with Crippen LogP contribution in [0.3, 0.4) is 0 Å². The fourth-order valence-corrected chi connectivity index (χ4v) is 10.9. The first-order valence-corrected chi connectivity index (χ1v) is 18.9. The van der Waals surface area contributed by atoms with E-state index in [-0.39, 0.29) is 5.41 Å². The van der Waals surface area contributed by atoms with Crippen LogP contribution in [0.4, 0.5) is 17.1 Å². The van der Waals surface area contributed by atoms with E-state index in [4.69, 9.17) is 4.42 Å². The highest BCUT2D eigenvalue weighted by Gasteiger charge is 2.61. The highest BCUT2D eigenvalue weighted by molar-refractivity contribution is 5.89. The van der Waals surface area contributed by atoms with Gasteiger partial charge in [0.15, 0.2) is 0 Å². The summed E-state index contributed by atoms with van der Waals surface area (Å²) in [4.78, 5) is 2.55. The van der Waals surface area contributed by atoms with E-state index >= 15 is 0 Å². The summed E-state index contributed by atoms with van der Waals surface area (Å²) in [7, 11) is 0. The van der Waals surface area contributed by atoms with Gasteiger partial charge in [-0.1, -0.05) is 97.1 Å². The lowest BCUT2D eigenvalue weighted by molar-refractivity contribution is -0.0419. The summed E-state index contributed by atoms with van der Waals surface area (Å²) in [6.07, 6.45) is 6.92. The lowest BCUT2D eigenvalue weighted by Gasteiger charge is -2.64. The van der Waals surface area contributed by atoms with Gasteiger partial charge in [-0.25, -0.2) is 0 Å². The third-order valence-corrected chi connectivity index (χ3v) is 12.8. The van der Waals surface area contributed by atoms with Crippen LogP contribution < -0.4 is 4.90 Å². The van der Waals surface area contributed by atoms with E-state index in [1.54, 1.807) is 5.56 Å². The van der Waals surface area contributed by atoms with Gasteiger partial charge in [0, 0.05) is 22.2 Å². The van der Waals surface area contributed by atoms with Gasteiger partial charge < -0.3 is 9.32 Å². The van der Waals surface area contributed by atoms with Gasteiger partial charge in [0.2, 0.25) is 11.8 Å². The Bertz CT molecular complexity index is 2420. The molecule has 0 unspecified atom stereocenters. The molecule has 7 aromatic rings. The van der Waals surface area contributed by atoms with Gasteiger partial charge in [0.05, 0.1) is 11.4 Å². The van der Waals surface area contributed by atoms with Gasteiger partial charge >= 0.3 is 0 Å². The van der Waals surface area contributed by atoms with Crippen LogP contribution in [0.2, 0.25) is 0 Å². The van der Waals surface area contributed by atoms with E-state index in [9.17, 15) is 0 Å². The third-order valence-electron chi connectivity index (χ3n) is 12.8. The van der Waals surface area contributed by atoms with E-state index in [2.05, 4.69) is 130 Å². The number of aromatic nitrogens is 2. The Morgan fingerprint density at radius 1 is 0.442 bits per heavy atom. The molecule has 6 aromatic carbocycles. The fraction of sp³-hybridized carbons (Fsp3) is 0.208. The molecular formula is C48H39N3O. The average Bonchev–Trinajstić information content (AvgIpc) is 3.71. The van der Waals surface area contributed by atoms with Crippen LogP contribution >= 0.6 is 0 Å². The Morgan fingerprint density at radius 2 is 0.962 bits per heavy atom. The summed E-state index contributed by atoms with van der Waals surface area (Å²) in [5, 5.41) is 8.73. The van der Waals surface area contributed by atoms with Crippen molar-refractivity contribution in [3.63, 3.8) is 0 Å². The second-order valence-electron chi connectivity index (χ2n) is 15.5. The van der Waals surface area contributed by atoms with Crippen LogP contribution in [-0.4, -0.2) is 10.2 Å². The summed E-state index contributed by atoms with van der Waals surface area (Å²) in [5.41, 5.74) is 13.6. The number of anilines is 3. The predicted molar refractivity (Wildman–Crippen MR) is 209 cm³/mol. The summed E-state index contributed by atoms with van der Waals surface area (Å²) in [5.74, 6) is 4.25. The molecule has 0 atom stereocenters. The molecule has 252 valence electrons. The predicted octanol–water partition coefficient (Wildman–Crippen LogP) is 12.3. The molecule has 1 aliphatic heterocycles. The molecule has 4 bridgehead atoms. The fourth-order valence-electron chi connectivity index (χ4n) is 10.9. The van der Waals surface area contributed by atoms with Gasteiger partial charge in [-0.05, 0) is 144 Å². The van der Waals surface area contributed by atoms with Crippen LogP contribution in [-0.2, 0) is 5.41 Å². The molecule has 12 rings (SSSR count). The number of hydrogen-bond donors (Lipinski definition) is 0. The number of benzene rings is 6. The highest BCUT2D eigenvalue weighted by Crippen LogP contribution is 2.69. The maximum atomic E-state index is 6.12. The Kier molecular flexibility index (Phi) is 6.70. The number of para-hydroxylation sites is 2. The van der Waals surface area contributed by atoms with E-state index in [0.717, 1.165) is 34.1 Å². The molecule has 0 N–H and O–H groups in total. The zero-order chi connectivity index (χ0) is 34.2. The minimum Gasteiger partial charge on any atom is -0.416 e. The van der Waals surface area contributed by atoms with Gasteiger partial charge in [0.25, 0.3) is 0 Å². The minimum absolute atomic E-state index is 0.0700. The summed E-state index contributed by atoms with van der Waals surface area (Å²) in [6, 6.07) is 55.1. The van der Waals surface area contributed by atoms with E-state index < -0.39 is 0 Å². The van der Waals surface area contributed by atoms with Crippen molar-refractivity contribution in [3.8, 4) is 45.2 Å². The van der Waals surface area contributed by atoms with E-state index in [1.807, 2.05) is 36.4 Å². The molecule has 4 fully saturated rings. The molecule has 5 aliphatic rings. The molecule has 1 aromatic heterocycles. The van der Waals surface area contributed by atoms with Crippen molar-refractivity contribution in [2.75, 3.05) is 4.90 Å². The number of rotatable bonds is 5.